The summed E-state index contributed by atoms with van der Waals surface area (Å²) in [4.78, 5) is 12.0. The summed E-state index contributed by atoms with van der Waals surface area (Å²) < 4.78 is 0. The molecule has 0 saturated heterocycles. The normalized spacial score (nSPS) is 21.0. The van der Waals surface area contributed by atoms with Crippen LogP contribution in [0.25, 0.3) is 0 Å². The first-order chi connectivity index (χ1) is 7.02. The van der Waals surface area contributed by atoms with Crippen LogP contribution in [0, 0.1) is 22.7 Å². The Balaban J connectivity index is 2.63. The molecule has 3 heteroatoms. The van der Waals surface area contributed by atoms with Crippen molar-refractivity contribution in [3.63, 3.8) is 0 Å². The Morgan fingerprint density at radius 3 is 2.27 bits per heavy atom. The average Bonchev–Trinajstić information content (AvgIpc) is 2.66. The first kappa shape index (κ1) is 12.0. The van der Waals surface area contributed by atoms with Gasteiger partial charge in [-0.3, -0.25) is 4.79 Å². The number of carbonyl (C=O) groups is 1. The van der Waals surface area contributed by atoms with Crippen molar-refractivity contribution in [2.24, 2.45) is 11.3 Å². The molecule has 3 nitrogen and oxygen atoms in total. The van der Waals surface area contributed by atoms with E-state index in [1.54, 1.807) is 0 Å². The van der Waals surface area contributed by atoms with Crippen LogP contribution in [0.2, 0.25) is 0 Å². The largest absolute Gasteiger partial charge is 0.352 e. The molecule has 1 amide bonds. The highest BCUT2D eigenvalue weighted by Gasteiger charge is 2.41. The van der Waals surface area contributed by atoms with Gasteiger partial charge in [0.15, 0.2) is 0 Å². The smallest absolute Gasteiger partial charge is 0.240 e. The third-order valence-corrected chi connectivity index (χ3v) is 3.46. The summed E-state index contributed by atoms with van der Waals surface area (Å²) in [6.07, 6.45) is 3.44. The molecule has 0 aliphatic heterocycles. The lowest BCUT2D eigenvalue weighted by Gasteiger charge is -2.24. The van der Waals surface area contributed by atoms with E-state index in [2.05, 4.69) is 25.2 Å². The van der Waals surface area contributed by atoms with E-state index in [-0.39, 0.29) is 11.9 Å². The monoisotopic (exact) mass is 208 g/mol. The molecule has 1 aliphatic carbocycles. The van der Waals surface area contributed by atoms with Crippen molar-refractivity contribution in [1.82, 2.24) is 5.32 Å². The summed E-state index contributed by atoms with van der Waals surface area (Å²) in [7, 11) is 0. The van der Waals surface area contributed by atoms with Gasteiger partial charge in [-0.25, -0.2) is 0 Å². The molecule has 1 rings (SSSR count). The minimum absolute atomic E-state index is 0.0660. The first-order valence-corrected chi connectivity index (χ1v) is 5.74. The Morgan fingerprint density at radius 2 is 1.87 bits per heavy atom. The number of rotatable bonds is 3. The van der Waals surface area contributed by atoms with Crippen molar-refractivity contribution in [2.75, 3.05) is 0 Å². The van der Waals surface area contributed by atoms with Crippen LogP contribution in [0.5, 0.6) is 0 Å². The standard InChI is InChI=1S/C12H20N2O/c1-9(2)10(3)14-11(15)12(8-13)6-4-5-7-12/h9-10H,4-7H2,1-3H3,(H,14,15). The first-order valence-electron chi connectivity index (χ1n) is 5.74. The molecule has 0 bridgehead atoms. The molecule has 0 aromatic heterocycles. The van der Waals surface area contributed by atoms with Crippen molar-refractivity contribution in [3.05, 3.63) is 0 Å². The van der Waals surface area contributed by atoms with Gasteiger partial charge in [0.05, 0.1) is 6.07 Å². The van der Waals surface area contributed by atoms with Crippen LogP contribution in [-0.4, -0.2) is 11.9 Å². The zero-order valence-electron chi connectivity index (χ0n) is 9.84. The highest BCUT2D eigenvalue weighted by atomic mass is 16.2. The highest BCUT2D eigenvalue weighted by Crippen LogP contribution is 2.37. The van der Waals surface area contributed by atoms with Crippen LogP contribution in [0.15, 0.2) is 0 Å². The van der Waals surface area contributed by atoms with E-state index in [4.69, 9.17) is 5.26 Å². The van der Waals surface area contributed by atoms with Crippen LogP contribution in [0.3, 0.4) is 0 Å². The Morgan fingerprint density at radius 1 is 1.33 bits per heavy atom. The van der Waals surface area contributed by atoms with Crippen molar-refractivity contribution < 1.29 is 4.79 Å². The van der Waals surface area contributed by atoms with Gasteiger partial charge in [0.2, 0.25) is 5.91 Å². The molecular weight excluding hydrogens is 188 g/mol. The molecule has 0 radical (unpaired) electrons. The van der Waals surface area contributed by atoms with E-state index in [1.165, 1.54) is 0 Å². The highest BCUT2D eigenvalue weighted by molar-refractivity contribution is 5.85. The molecule has 0 spiro atoms. The van der Waals surface area contributed by atoms with Crippen LogP contribution in [0.1, 0.15) is 46.5 Å². The van der Waals surface area contributed by atoms with Gasteiger partial charge in [0, 0.05) is 6.04 Å². The lowest BCUT2D eigenvalue weighted by molar-refractivity contribution is -0.128. The number of amides is 1. The Labute approximate surface area is 91.9 Å². The van der Waals surface area contributed by atoms with E-state index in [0.29, 0.717) is 5.92 Å². The van der Waals surface area contributed by atoms with Crippen molar-refractivity contribution in [3.8, 4) is 6.07 Å². The van der Waals surface area contributed by atoms with Gasteiger partial charge in [-0.15, -0.1) is 0 Å². The fraction of sp³-hybridized carbons (Fsp3) is 0.833. The second kappa shape index (κ2) is 4.65. The van der Waals surface area contributed by atoms with Crippen LogP contribution >= 0.6 is 0 Å². The third-order valence-electron chi connectivity index (χ3n) is 3.46. The zero-order chi connectivity index (χ0) is 11.5. The summed E-state index contributed by atoms with van der Waals surface area (Å²) >= 11 is 0. The molecule has 1 saturated carbocycles. The number of nitriles is 1. The second-order valence-corrected chi connectivity index (χ2v) is 4.91. The molecule has 84 valence electrons. The molecule has 0 heterocycles. The van der Waals surface area contributed by atoms with Gasteiger partial charge >= 0.3 is 0 Å². The Bertz CT molecular complexity index is 272. The van der Waals surface area contributed by atoms with Crippen LogP contribution in [0.4, 0.5) is 0 Å². The maximum atomic E-state index is 12.0. The molecule has 1 aliphatic rings. The van der Waals surface area contributed by atoms with Crippen LogP contribution < -0.4 is 5.32 Å². The fourth-order valence-corrected chi connectivity index (χ4v) is 1.88. The average molecular weight is 208 g/mol. The summed E-state index contributed by atoms with van der Waals surface area (Å²) in [5.74, 6) is 0.342. The van der Waals surface area contributed by atoms with Crippen molar-refractivity contribution in [2.45, 2.75) is 52.5 Å². The lowest BCUT2D eigenvalue weighted by Crippen LogP contribution is -2.44. The van der Waals surface area contributed by atoms with E-state index in [9.17, 15) is 4.79 Å². The molecule has 0 aromatic carbocycles. The lowest BCUT2D eigenvalue weighted by atomic mass is 9.86. The van der Waals surface area contributed by atoms with Gasteiger partial charge in [0.1, 0.15) is 5.41 Å². The molecule has 1 atom stereocenters. The number of hydrogen-bond acceptors (Lipinski definition) is 2. The van der Waals surface area contributed by atoms with Gasteiger partial charge in [-0.05, 0) is 25.7 Å². The van der Waals surface area contributed by atoms with Gasteiger partial charge in [0.25, 0.3) is 0 Å². The fourth-order valence-electron chi connectivity index (χ4n) is 1.88. The maximum Gasteiger partial charge on any atom is 0.240 e. The van der Waals surface area contributed by atoms with E-state index >= 15 is 0 Å². The van der Waals surface area contributed by atoms with E-state index < -0.39 is 5.41 Å². The van der Waals surface area contributed by atoms with Crippen molar-refractivity contribution >= 4 is 5.91 Å². The van der Waals surface area contributed by atoms with E-state index in [1.807, 2.05) is 6.92 Å². The summed E-state index contributed by atoms with van der Waals surface area (Å²) in [5, 5.41) is 12.1. The van der Waals surface area contributed by atoms with Gasteiger partial charge < -0.3 is 5.32 Å². The number of hydrogen-bond donors (Lipinski definition) is 1. The van der Waals surface area contributed by atoms with Crippen LogP contribution in [-0.2, 0) is 4.79 Å². The summed E-state index contributed by atoms with van der Waals surface area (Å²) in [6.45, 7) is 6.12. The molecule has 1 unspecified atom stereocenters. The Hall–Kier alpha value is -1.04. The molecule has 1 fully saturated rings. The number of nitrogens with zero attached hydrogens (tertiary/aromatic N) is 1. The molecule has 15 heavy (non-hydrogen) atoms. The topological polar surface area (TPSA) is 52.9 Å². The zero-order valence-corrected chi connectivity index (χ0v) is 9.84. The molecular formula is C12H20N2O. The summed E-state index contributed by atoms with van der Waals surface area (Å²) in [6, 6.07) is 2.35. The van der Waals surface area contributed by atoms with Crippen molar-refractivity contribution in [1.29, 1.82) is 5.26 Å². The maximum absolute atomic E-state index is 12.0. The minimum Gasteiger partial charge on any atom is -0.352 e. The Kier molecular flexibility index (Phi) is 3.73. The molecule has 0 aromatic rings. The summed E-state index contributed by atoms with van der Waals surface area (Å²) in [5.41, 5.74) is -0.733. The predicted molar refractivity (Wildman–Crippen MR) is 59.0 cm³/mol. The SMILES string of the molecule is CC(C)C(C)NC(=O)C1(C#N)CCCC1. The van der Waals surface area contributed by atoms with Gasteiger partial charge in [-0.1, -0.05) is 26.7 Å². The third kappa shape index (κ3) is 2.50. The molecule has 1 N–H and O–H groups in total. The van der Waals surface area contributed by atoms with E-state index in [0.717, 1.165) is 25.7 Å². The minimum atomic E-state index is -0.733. The number of carbonyl (C=O) groups excluding carboxylic acids is 1. The number of nitrogens with one attached hydrogen (secondary N) is 1. The van der Waals surface area contributed by atoms with Gasteiger partial charge in [-0.2, -0.15) is 5.26 Å². The predicted octanol–water partition coefficient (Wildman–Crippen LogP) is 2.23. The second-order valence-electron chi connectivity index (χ2n) is 4.91. The quantitative estimate of drug-likeness (QED) is 0.773.